The Balaban J connectivity index is 1.40. The summed E-state index contributed by atoms with van der Waals surface area (Å²) >= 11 is 5.33. The monoisotopic (exact) mass is 544 g/mol. The number of carbonyl (C=O) groups excluding carboxylic acids is 2. The molecule has 0 aliphatic carbocycles. The maximum atomic E-state index is 13.4. The first kappa shape index (κ1) is 25.4. The molecule has 2 aromatic heterocycles. The van der Waals surface area contributed by atoms with Crippen molar-refractivity contribution in [2.45, 2.75) is 13.3 Å². The average Bonchev–Trinajstić information content (AvgIpc) is 3.29. The molecule has 0 atom stereocenters. The van der Waals surface area contributed by atoms with Crippen molar-refractivity contribution >= 4 is 63.2 Å². The van der Waals surface area contributed by atoms with Crippen LogP contribution >= 0.6 is 24.0 Å². The number of carbonyl (C=O) groups is 2. The van der Waals surface area contributed by atoms with E-state index >= 15 is 0 Å². The first-order chi connectivity index (χ1) is 18.5. The summed E-state index contributed by atoms with van der Waals surface area (Å²) in [5, 5.41) is 15.5. The number of nitriles is 1. The molecule has 0 fully saturated rings. The molecule has 9 nitrogen and oxygen atoms in total. The molecule has 3 amide bonds. The molecule has 1 aliphatic rings. The van der Waals surface area contributed by atoms with E-state index in [1.165, 1.54) is 16.2 Å². The SMILES string of the molecule is Cc1cc(Oc2ccccc2)ccc1N1C(=O)Nc2c(C(=O)NCCCN(C#N)CS)sc3nccc1c23. The number of ether oxygens (including phenoxy) is 1. The second kappa shape index (κ2) is 11.0. The number of aromatic nitrogens is 1. The third-order valence-corrected chi connectivity index (χ3v) is 7.48. The topological polar surface area (TPSA) is 111 Å². The van der Waals surface area contributed by atoms with E-state index < -0.39 is 0 Å². The van der Waals surface area contributed by atoms with Crippen LogP contribution in [0.15, 0.2) is 60.8 Å². The molecule has 2 aromatic carbocycles. The van der Waals surface area contributed by atoms with Gasteiger partial charge in [-0.05, 0) is 55.3 Å². The second-order valence-electron chi connectivity index (χ2n) is 8.56. The lowest BCUT2D eigenvalue weighted by atomic mass is 10.1. The normalized spacial score (nSPS) is 12.1. The highest BCUT2D eigenvalue weighted by atomic mass is 32.1. The number of para-hydroxylation sites is 1. The van der Waals surface area contributed by atoms with Gasteiger partial charge in [-0.3, -0.25) is 9.69 Å². The standard InChI is InChI=1S/C27H24N6O3S2/c1-17-14-19(36-18-6-3-2-4-7-18)8-9-20(17)33-21-10-12-30-26-22(21)23(31-27(33)35)24(38-26)25(34)29-11-5-13-32(15-28)16-37/h2-4,6-10,12,14,37H,5,11,13,16H2,1H3,(H,29,34)(H,31,35). The number of benzene rings is 2. The Labute approximate surface area is 229 Å². The van der Waals surface area contributed by atoms with Gasteiger partial charge in [-0.2, -0.15) is 17.9 Å². The van der Waals surface area contributed by atoms with Crippen molar-refractivity contribution in [3.8, 4) is 17.7 Å². The molecule has 4 aromatic rings. The van der Waals surface area contributed by atoms with Crippen molar-refractivity contribution in [2.24, 2.45) is 0 Å². The Morgan fingerprint density at radius 2 is 2.03 bits per heavy atom. The summed E-state index contributed by atoms with van der Waals surface area (Å²) in [4.78, 5) is 35.0. The number of aryl methyl sites for hydroxylation is 1. The van der Waals surface area contributed by atoms with E-state index in [1.54, 1.807) is 17.2 Å². The molecule has 192 valence electrons. The van der Waals surface area contributed by atoms with Crippen LogP contribution < -0.4 is 20.3 Å². The van der Waals surface area contributed by atoms with E-state index in [2.05, 4.69) is 28.2 Å². The highest BCUT2D eigenvalue weighted by Crippen LogP contribution is 2.46. The van der Waals surface area contributed by atoms with Crippen molar-refractivity contribution in [1.29, 1.82) is 5.26 Å². The number of urea groups is 1. The molecule has 0 saturated heterocycles. The summed E-state index contributed by atoms with van der Waals surface area (Å²) in [6.45, 7) is 2.79. The second-order valence-corrected chi connectivity index (χ2v) is 9.84. The third kappa shape index (κ3) is 4.96. The Morgan fingerprint density at radius 3 is 2.76 bits per heavy atom. The van der Waals surface area contributed by atoms with Crippen LogP contribution in [0.2, 0.25) is 0 Å². The Morgan fingerprint density at radius 1 is 1.21 bits per heavy atom. The molecule has 1 aliphatic heterocycles. The maximum Gasteiger partial charge on any atom is 0.331 e. The van der Waals surface area contributed by atoms with Gasteiger partial charge >= 0.3 is 6.03 Å². The first-order valence-electron chi connectivity index (χ1n) is 11.9. The lowest BCUT2D eigenvalue weighted by Crippen LogP contribution is -2.35. The summed E-state index contributed by atoms with van der Waals surface area (Å²) in [6, 6.07) is 16.5. The number of amides is 3. The van der Waals surface area contributed by atoms with Crippen molar-refractivity contribution in [3.05, 3.63) is 71.2 Å². The fourth-order valence-corrected chi connectivity index (χ4v) is 5.50. The van der Waals surface area contributed by atoms with Gasteiger partial charge in [0.05, 0.1) is 28.3 Å². The van der Waals surface area contributed by atoms with E-state index in [0.717, 1.165) is 16.7 Å². The Kier molecular flexibility index (Phi) is 7.35. The van der Waals surface area contributed by atoms with Crippen molar-refractivity contribution in [2.75, 3.05) is 29.2 Å². The van der Waals surface area contributed by atoms with Gasteiger partial charge in [0.25, 0.3) is 5.91 Å². The third-order valence-electron chi connectivity index (χ3n) is 6.04. The number of thiol groups is 1. The van der Waals surface area contributed by atoms with E-state index in [9.17, 15) is 9.59 Å². The van der Waals surface area contributed by atoms with Crippen LogP contribution in [-0.4, -0.2) is 40.8 Å². The van der Waals surface area contributed by atoms with Gasteiger partial charge in [0.1, 0.15) is 21.2 Å². The first-order valence-corrected chi connectivity index (χ1v) is 13.3. The van der Waals surface area contributed by atoms with Gasteiger partial charge in [-0.1, -0.05) is 18.2 Å². The molecule has 0 unspecified atom stereocenters. The Hall–Kier alpha value is -4.27. The predicted molar refractivity (Wildman–Crippen MR) is 152 cm³/mol. The van der Waals surface area contributed by atoms with Gasteiger partial charge in [-0.25, -0.2) is 9.78 Å². The van der Waals surface area contributed by atoms with Crippen LogP contribution in [0.3, 0.4) is 0 Å². The molecule has 0 saturated carbocycles. The largest absolute Gasteiger partial charge is 0.457 e. The maximum absolute atomic E-state index is 13.4. The number of rotatable bonds is 9. The lowest BCUT2D eigenvalue weighted by molar-refractivity contribution is 0.0957. The smallest absolute Gasteiger partial charge is 0.331 e. The predicted octanol–water partition coefficient (Wildman–Crippen LogP) is 5.87. The zero-order valence-corrected chi connectivity index (χ0v) is 22.2. The summed E-state index contributed by atoms with van der Waals surface area (Å²) in [6.07, 6.45) is 4.27. The molecule has 2 N–H and O–H groups in total. The van der Waals surface area contributed by atoms with E-state index in [0.29, 0.717) is 57.9 Å². The fraction of sp³-hybridized carbons (Fsp3) is 0.185. The van der Waals surface area contributed by atoms with Gasteiger partial charge in [0.15, 0.2) is 6.19 Å². The summed E-state index contributed by atoms with van der Waals surface area (Å²) in [5.41, 5.74) is 2.66. The zero-order chi connectivity index (χ0) is 26.6. The summed E-state index contributed by atoms with van der Waals surface area (Å²) < 4.78 is 5.94. The van der Waals surface area contributed by atoms with Gasteiger partial charge < -0.3 is 20.3 Å². The number of hydrogen-bond acceptors (Lipinski definition) is 8. The molecule has 0 bridgehead atoms. The quantitative estimate of drug-likeness (QED) is 0.0799. The van der Waals surface area contributed by atoms with Gasteiger partial charge in [0, 0.05) is 19.3 Å². The van der Waals surface area contributed by atoms with Crippen LogP contribution in [0.4, 0.5) is 21.9 Å². The molecule has 3 heterocycles. The van der Waals surface area contributed by atoms with Crippen molar-refractivity contribution in [1.82, 2.24) is 15.2 Å². The minimum atomic E-state index is -0.365. The van der Waals surface area contributed by atoms with E-state index in [-0.39, 0.29) is 11.9 Å². The number of nitrogens with one attached hydrogen (secondary N) is 2. The highest BCUT2D eigenvalue weighted by molar-refractivity contribution is 7.80. The lowest BCUT2D eigenvalue weighted by Gasteiger charge is -2.29. The minimum absolute atomic E-state index is 0.296. The molecule has 0 radical (unpaired) electrons. The molecule has 0 spiro atoms. The number of anilines is 3. The molecular formula is C27H24N6O3S2. The molecule has 38 heavy (non-hydrogen) atoms. The number of pyridine rings is 1. The van der Waals surface area contributed by atoms with Crippen molar-refractivity contribution < 1.29 is 14.3 Å². The van der Waals surface area contributed by atoms with Crippen LogP contribution in [0, 0.1) is 18.4 Å². The van der Waals surface area contributed by atoms with E-state index in [1.807, 2.05) is 61.6 Å². The van der Waals surface area contributed by atoms with E-state index in [4.69, 9.17) is 10.00 Å². The molecular weight excluding hydrogens is 520 g/mol. The van der Waals surface area contributed by atoms with Crippen LogP contribution in [0.1, 0.15) is 21.7 Å². The Bertz CT molecular complexity index is 1550. The van der Waals surface area contributed by atoms with Gasteiger partial charge in [0.2, 0.25) is 0 Å². The molecule has 11 heteroatoms. The van der Waals surface area contributed by atoms with Crippen molar-refractivity contribution in [3.63, 3.8) is 0 Å². The van der Waals surface area contributed by atoms with Gasteiger partial charge in [-0.15, -0.1) is 11.3 Å². The summed E-state index contributed by atoms with van der Waals surface area (Å²) in [7, 11) is 0. The van der Waals surface area contributed by atoms with Crippen LogP contribution in [0.5, 0.6) is 11.5 Å². The number of hydrogen-bond donors (Lipinski definition) is 3. The number of thiophene rings is 1. The molecule has 5 rings (SSSR count). The van der Waals surface area contributed by atoms with Crippen LogP contribution in [0.25, 0.3) is 10.2 Å². The average molecular weight is 545 g/mol. The van der Waals surface area contributed by atoms with Crippen LogP contribution in [-0.2, 0) is 0 Å². The number of nitrogens with zero attached hydrogens (tertiary/aromatic N) is 4. The minimum Gasteiger partial charge on any atom is -0.457 e. The zero-order valence-electron chi connectivity index (χ0n) is 20.5. The highest BCUT2D eigenvalue weighted by Gasteiger charge is 2.33. The fourth-order valence-electron chi connectivity index (χ4n) is 4.25. The summed E-state index contributed by atoms with van der Waals surface area (Å²) in [5.74, 6) is 1.42.